The van der Waals surface area contributed by atoms with Crippen LogP contribution in [0.15, 0.2) is 48.5 Å². The van der Waals surface area contributed by atoms with Gasteiger partial charge in [0.15, 0.2) is 18.1 Å². The van der Waals surface area contributed by atoms with E-state index in [-0.39, 0.29) is 19.1 Å². The number of aliphatic hydroxyl groups is 1. The number of anilines is 1. The summed E-state index contributed by atoms with van der Waals surface area (Å²) >= 11 is 0. The van der Waals surface area contributed by atoms with Gasteiger partial charge >= 0.3 is 0 Å². The molecule has 5 heteroatoms. The zero-order chi connectivity index (χ0) is 15.1. The molecule has 0 saturated heterocycles. The summed E-state index contributed by atoms with van der Waals surface area (Å²) in [6.45, 7) is -0.352. The lowest BCUT2D eigenvalue weighted by Gasteiger charge is -2.13. The minimum absolute atomic E-state index is 0.164. The molecule has 21 heavy (non-hydrogen) atoms. The van der Waals surface area contributed by atoms with Crippen molar-refractivity contribution in [2.24, 2.45) is 0 Å². The van der Waals surface area contributed by atoms with E-state index in [9.17, 15) is 9.90 Å². The quantitative estimate of drug-likeness (QED) is 0.854. The van der Waals surface area contributed by atoms with Gasteiger partial charge in [-0.05, 0) is 18.2 Å². The van der Waals surface area contributed by atoms with Gasteiger partial charge in [-0.15, -0.1) is 0 Å². The standard InChI is InChI=1S/C16H17NO4/c1-20-14-9-5-6-12(10-18)16(14)21-11-15(19)17-13-7-3-2-4-8-13/h2-9,18H,10-11H2,1H3,(H,17,19). The fourth-order valence-electron chi connectivity index (χ4n) is 1.87. The molecule has 1 amide bonds. The van der Waals surface area contributed by atoms with Gasteiger partial charge in [0.25, 0.3) is 5.91 Å². The van der Waals surface area contributed by atoms with E-state index in [2.05, 4.69) is 5.32 Å². The molecule has 2 aromatic carbocycles. The van der Waals surface area contributed by atoms with Crippen LogP contribution >= 0.6 is 0 Å². The number of aliphatic hydroxyl groups excluding tert-OH is 1. The molecule has 0 aliphatic heterocycles. The highest BCUT2D eigenvalue weighted by Gasteiger charge is 2.12. The van der Waals surface area contributed by atoms with Crippen molar-refractivity contribution in [3.63, 3.8) is 0 Å². The summed E-state index contributed by atoms with van der Waals surface area (Å²) in [4.78, 5) is 11.8. The lowest BCUT2D eigenvalue weighted by molar-refractivity contribution is -0.118. The smallest absolute Gasteiger partial charge is 0.262 e. The van der Waals surface area contributed by atoms with Crippen LogP contribution in [-0.2, 0) is 11.4 Å². The highest BCUT2D eigenvalue weighted by Crippen LogP contribution is 2.31. The Bertz CT molecular complexity index is 576. The summed E-state index contributed by atoms with van der Waals surface area (Å²) in [5.41, 5.74) is 1.27. The van der Waals surface area contributed by atoms with Crippen molar-refractivity contribution in [2.45, 2.75) is 6.61 Å². The molecule has 0 fully saturated rings. The zero-order valence-corrected chi connectivity index (χ0v) is 11.7. The number of hydrogen-bond acceptors (Lipinski definition) is 4. The molecule has 110 valence electrons. The Morgan fingerprint density at radius 1 is 1.14 bits per heavy atom. The molecule has 0 unspecified atom stereocenters. The first kappa shape index (κ1) is 14.9. The molecule has 0 aliphatic rings. The monoisotopic (exact) mass is 287 g/mol. The van der Waals surface area contributed by atoms with Crippen LogP contribution in [0.2, 0.25) is 0 Å². The lowest BCUT2D eigenvalue weighted by Crippen LogP contribution is -2.20. The van der Waals surface area contributed by atoms with E-state index in [0.717, 1.165) is 0 Å². The molecule has 5 nitrogen and oxygen atoms in total. The number of amides is 1. The first-order valence-electron chi connectivity index (χ1n) is 6.49. The number of nitrogens with one attached hydrogen (secondary N) is 1. The average Bonchev–Trinajstić information content (AvgIpc) is 2.53. The number of methoxy groups -OCH3 is 1. The van der Waals surface area contributed by atoms with Gasteiger partial charge in [0, 0.05) is 11.3 Å². The molecule has 0 radical (unpaired) electrons. The summed E-state index contributed by atoms with van der Waals surface area (Å²) in [5.74, 6) is 0.579. The van der Waals surface area contributed by atoms with E-state index in [4.69, 9.17) is 9.47 Å². The predicted molar refractivity (Wildman–Crippen MR) is 79.5 cm³/mol. The fraction of sp³-hybridized carbons (Fsp3) is 0.188. The third-order valence-electron chi connectivity index (χ3n) is 2.86. The second-order valence-corrected chi connectivity index (χ2v) is 4.31. The third-order valence-corrected chi connectivity index (χ3v) is 2.86. The van der Waals surface area contributed by atoms with Crippen LogP contribution in [0.4, 0.5) is 5.69 Å². The minimum atomic E-state index is -0.281. The second-order valence-electron chi connectivity index (χ2n) is 4.31. The van der Waals surface area contributed by atoms with Crippen molar-refractivity contribution in [2.75, 3.05) is 19.0 Å². The minimum Gasteiger partial charge on any atom is -0.493 e. The maximum atomic E-state index is 11.8. The van der Waals surface area contributed by atoms with Gasteiger partial charge in [-0.1, -0.05) is 30.3 Å². The van der Waals surface area contributed by atoms with E-state index < -0.39 is 0 Å². The number of hydrogen-bond donors (Lipinski definition) is 2. The van der Waals surface area contributed by atoms with Crippen LogP contribution < -0.4 is 14.8 Å². The van der Waals surface area contributed by atoms with Crippen molar-refractivity contribution in [3.8, 4) is 11.5 Å². The molecule has 2 N–H and O–H groups in total. The van der Waals surface area contributed by atoms with E-state index >= 15 is 0 Å². The van der Waals surface area contributed by atoms with Gasteiger partial charge in [-0.2, -0.15) is 0 Å². The van der Waals surface area contributed by atoms with Gasteiger partial charge in [0.05, 0.1) is 13.7 Å². The number of rotatable bonds is 6. The Hall–Kier alpha value is -2.53. The normalized spacial score (nSPS) is 10.0. The number of ether oxygens (including phenoxy) is 2. The lowest BCUT2D eigenvalue weighted by atomic mass is 10.2. The Labute approximate surface area is 123 Å². The number of para-hydroxylation sites is 2. The van der Waals surface area contributed by atoms with E-state index in [1.54, 1.807) is 30.3 Å². The Morgan fingerprint density at radius 3 is 2.57 bits per heavy atom. The maximum Gasteiger partial charge on any atom is 0.262 e. The van der Waals surface area contributed by atoms with Crippen molar-refractivity contribution in [3.05, 3.63) is 54.1 Å². The Kier molecular flexibility index (Phi) is 5.17. The molecule has 2 aromatic rings. The fourth-order valence-corrected chi connectivity index (χ4v) is 1.87. The van der Waals surface area contributed by atoms with Gasteiger partial charge in [-0.3, -0.25) is 4.79 Å². The molecule has 0 atom stereocenters. The van der Waals surface area contributed by atoms with Crippen molar-refractivity contribution in [1.82, 2.24) is 0 Å². The summed E-state index contributed by atoms with van der Waals surface area (Å²) in [6, 6.07) is 14.3. The number of carbonyl (C=O) groups is 1. The summed E-state index contributed by atoms with van der Waals surface area (Å²) in [7, 11) is 1.51. The summed E-state index contributed by atoms with van der Waals surface area (Å²) in [6.07, 6.45) is 0. The average molecular weight is 287 g/mol. The van der Waals surface area contributed by atoms with Gasteiger partial charge < -0.3 is 19.9 Å². The second kappa shape index (κ2) is 7.31. The molecule has 0 spiro atoms. The van der Waals surface area contributed by atoms with Crippen molar-refractivity contribution >= 4 is 11.6 Å². The van der Waals surface area contributed by atoms with Crippen LogP contribution in [0.3, 0.4) is 0 Å². The van der Waals surface area contributed by atoms with E-state index in [1.807, 2.05) is 18.2 Å². The van der Waals surface area contributed by atoms with Gasteiger partial charge in [-0.25, -0.2) is 0 Å². The van der Waals surface area contributed by atoms with Crippen LogP contribution in [0.25, 0.3) is 0 Å². The molecule has 0 aromatic heterocycles. The first-order chi connectivity index (χ1) is 10.2. The predicted octanol–water partition coefficient (Wildman–Crippen LogP) is 2.21. The Morgan fingerprint density at radius 2 is 1.90 bits per heavy atom. The van der Waals surface area contributed by atoms with Crippen LogP contribution in [0, 0.1) is 0 Å². The molecular formula is C16H17NO4. The van der Waals surface area contributed by atoms with Crippen LogP contribution in [-0.4, -0.2) is 24.7 Å². The first-order valence-corrected chi connectivity index (χ1v) is 6.49. The number of benzene rings is 2. The zero-order valence-electron chi connectivity index (χ0n) is 11.7. The van der Waals surface area contributed by atoms with Crippen LogP contribution in [0.1, 0.15) is 5.56 Å². The van der Waals surface area contributed by atoms with Gasteiger partial charge in [0.2, 0.25) is 0 Å². The third kappa shape index (κ3) is 3.97. The highest BCUT2D eigenvalue weighted by molar-refractivity contribution is 5.91. The van der Waals surface area contributed by atoms with Gasteiger partial charge in [0.1, 0.15) is 0 Å². The number of carbonyl (C=O) groups excluding carboxylic acids is 1. The molecule has 2 rings (SSSR count). The molecule has 0 bridgehead atoms. The highest BCUT2D eigenvalue weighted by atomic mass is 16.5. The molecule has 0 saturated carbocycles. The van der Waals surface area contributed by atoms with Crippen molar-refractivity contribution < 1.29 is 19.4 Å². The molecule has 0 aliphatic carbocycles. The molecule has 0 heterocycles. The van der Waals surface area contributed by atoms with E-state index in [1.165, 1.54) is 7.11 Å². The van der Waals surface area contributed by atoms with Crippen LogP contribution in [0.5, 0.6) is 11.5 Å². The topological polar surface area (TPSA) is 67.8 Å². The summed E-state index contributed by atoms with van der Waals surface area (Å²) < 4.78 is 10.7. The maximum absolute atomic E-state index is 11.8. The molecular weight excluding hydrogens is 270 g/mol. The van der Waals surface area contributed by atoms with Crippen molar-refractivity contribution in [1.29, 1.82) is 0 Å². The summed E-state index contributed by atoms with van der Waals surface area (Å²) in [5, 5.41) is 12.0. The largest absolute Gasteiger partial charge is 0.493 e. The Balaban J connectivity index is 2.01. The SMILES string of the molecule is COc1cccc(CO)c1OCC(=O)Nc1ccccc1. The van der Waals surface area contributed by atoms with E-state index in [0.29, 0.717) is 22.7 Å².